The lowest BCUT2D eigenvalue weighted by Gasteiger charge is -2.61. The second kappa shape index (κ2) is 8.13. The lowest BCUT2D eigenvalue weighted by Crippen LogP contribution is -2.62. The van der Waals surface area contributed by atoms with Gasteiger partial charge in [0, 0.05) is 17.8 Å². The summed E-state index contributed by atoms with van der Waals surface area (Å²) in [5.74, 6) is 3.14. The first-order valence-corrected chi connectivity index (χ1v) is 12.8. The van der Waals surface area contributed by atoms with Gasteiger partial charge in [0.05, 0.1) is 12.2 Å². The molecule has 0 aromatic heterocycles. The minimum atomic E-state index is -0.566. The van der Waals surface area contributed by atoms with Gasteiger partial charge in [-0.3, -0.25) is 4.79 Å². The summed E-state index contributed by atoms with van der Waals surface area (Å²) in [7, 11) is 0. The van der Waals surface area contributed by atoms with Crippen molar-refractivity contribution in [2.75, 3.05) is 0 Å². The number of aliphatic hydroxyl groups is 2. The molecule has 0 spiro atoms. The fourth-order valence-corrected chi connectivity index (χ4v) is 8.58. The van der Waals surface area contributed by atoms with Gasteiger partial charge in [0.2, 0.25) is 0 Å². The highest BCUT2D eigenvalue weighted by atomic mass is 16.3. The number of hydrogen-bond acceptors (Lipinski definition) is 3. The van der Waals surface area contributed by atoms with Crippen molar-refractivity contribution >= 4 is 5.78 Å². The van der Waals surface area contributed by atoms with Gasteiger partial charge in [-0.05, 0) is 79.4 Å². The molecule has 0 unspecified atom stereocenters. The molecule has 10 atom stereocenters. The van der Waals surface area contributed by atoms with Crippen LogP contribution in [-0.4, -0.2) is 28.2 Å². The predicted octanol–water partition coefficient (Wildman–Crippen LogP) is 5.56. The Kier molecular flexibility index (Phi) is 6.10. The molecule has 0 aromatic carbocycles. The standard InChI is InChI=1S/C28H44O3/c1-16(2)17(3)7-8-18(4)21-9-10-22-20-15-25(30)24-13-19(29)14-26(31)28(24,6)23(20)11-12-27(21,22)5/h7-8,16,18-24,26,29,31H,3,9-15H2,1-2,4-6H3/b8-7-/t18-,19-,20+,21-,22+,23+,24-,26+,27-,28-/m1/s1. The second-order valence-electron chi connectivity index (χ2n) is 12.3. The summed E-state index contributed by atoms with van der Waals surface area (Å²) >= 11 is 0. The lowest BCUT2D eigenvalue weighted by atomic mass is 9.43. The van der Waals surface area contributed by atoms with Crippen molar-refractivity contribution in [1.82, 2.24) is 0 Å². The van der Waals surface area contributed by atoms with Gasteiger partial charge in [0.15, 0.2) is 0 Å². The van der Waals surface area contributed by atoms with Gasteiger partial charge in [-0.2, -0.15) is 0 Å². The molecule has 31 heavy (non-hydrogen) atoms. The molecule has 0 amide bonds. The normalized spacial score (nSPS) is 48.4. The van der Waals surface area contributed by atoms with Gasteiger partial charge in [0.1, 0.15) is 5.78 Å². The van der Waals surface area contributed by atoms with Crippen LogP contribution in [-0.2, 0) is 4.79 Å². The highest BCUT2D eigenvalue weighted by Gasteiger charge is 2.64. The number of Topliss-reactive ketones (excluding diaryl/α,β-unsaturated/α-hetero) is 1. The molecule has 174 valence electrons. The van der Waals surface area contributed by atoms with E-state index < -0.39 is 12.2 Å². The van der Waals surface area contributed by atoms with Crippen LogP contribution in [0.4, 0.5) is 0 Å². The molecule has 4 rings (SSSR count). The Morgan fingerprint density at radius 2 is 1.81 bits per heavy atom. The Morgan fingerprint density at radius 3 is 2.48 bits per heavy atom. The Bertz CT molecular complexity index is 753. The monoisotopic (exact) mass is 428 g/mol. The maximum absolute atomic E-state index is 13.3. The molecule has 4 fully saturated rings. The highest BCUT2D eigenvalue weighted by molar-refractivity contribution is 5.83. The van der Waals surface area contributed by atoms with Crippen molar-refractivity contribution in [1.29, 1.82) is 0 Å². The Morgan fingerprint density at radius 1 is 1.10 bits per heavy atom. The molecule has 3 heteroatoms. The van der Waals surface area contributed by atoms with E-state index in [9.17, 15) is 15.0 Å². The van der Waals surface area contributed by atoms with Gasteiger partial charge in [-0.1, -0.05) is 58.9 Å². The summed E-state index contributed by atoms with van der Waals surface area (Å²) < 4.78 is 0. The first-order chi connectivity index (χ1) is 14.5. The summed E-state index contributed by atoms with van der Waals surface area (Å²) in [4.78, 5) is 13.3. The van der Waals surface area contributed by atoms with E-state index >= 15 is 0 Å². The van der Waals surface area contributed by atoms with Crippen molar-refractivity contribution in [3.8, 4) is 0 Å². The largest absolute Gasteiger partial charge is 0.393 e. The molecule has 0 aliphatic heterocycles. The molecule has 4 saturated carbocycles. The van der Waals surface area contributed by atoms with Gasteiger partial charge < -0.3 is 10.2 Å². The van der Waals surface area contributed by atoms with Crippen LogP contribution in [0.25, 0.3) is 0 Å². The Labute approximate surface area is 189 Å². The first-order valence-electron chi connectivity index (χ1n) is 12.8. The molecule has 0 radical (unpaired) electrons. The number of fused-ring (bicyclic) bond motifs is 5. The van der Waals surface area contributed by atoms with Crippen LogP contribution in [0.15, 0.2) is 24.3 Å². The van der Waals surface area contributed by atoms with Crippen molar-refractivity contribution in [3.63, 3.8) is 0 Å². The molecule has 0 saturated heterocycles. The van der Waals surface area contributed by atoms with Crippen LogP contribution in [0.1, 0.15) is 79.6 Å². The van der Waals surface area contributed by atoms with E-state index in [1.807, 2.05) is 0 Å². The summed E-state index contributed by atoms with van der Waals surface area (Å²) in [6, 6.07) is 0. The van der Waals surface area contributed by atoms with Gasteiger partial charge in [0.25, 0.3) is 0 Å². The number of carbonyl (C=O) groups is 1. The molecule has 0 aromatic rings. The fourth-order valence-electron chi connectivity index (χ4n) is 8.58. The summed E-state index contributed by atoms with van der Waals surface area (Å²) in [5, 5.41) is 21.3. The van der Waals surface area contributed by atoms with Crippen molar-refractivity contribution < 1.29 is 15.0 Å². The van der Waals surface area contributed by atoms with Gasteiger partial charge in [-0.25, -0.2) is 0 Å². The number of carbonyl (C=O) groups excluding carboxylic acids is 1. The Balaban J connectivity index is 1.57. The zero-order valence-corrected chi connectivity index (χ0v) is 20.3. The van der Waals surface area contributed by atoms with Crippen molar-refractivity contribution in [3.05, 3.63) is 24.3 Å². The molecule has 2 N–H and O–H groups in total. The van der Waals surface area contributed by atoms with Crippen LogP contribution < -0.4 is 0 Å². The van der Waals surface area contributed by atoms with Crippen LogP contribution in [0.3, 0.4) is 0 Å². The van der Waals surface area contributed by atoms with Crippen molar-refractivity contribution in [2.24, 2.45) is 52.3 Å². The second-order valence-corrected chi connectivity index (χ2v) is 12.3. The fraction of sp³-hybridized carbons (Fsp3) is 0.821. The smallest absolute Gasteiger partial charge is 0.137 e. The summed E-state index contributed by atoms with van der Waals surface area (Å²) in [5.41, 5.74) is 1.10. The minimum absolute atomic E-state index is 0.169. The van der Waals surface area contributed by atoms with Gasteiger partial charge >= 0.3 is 0 Å². The molecule has 4 aliphatic rings. The zero-order valence-electron chi connectivity index (χ0n) is 20.3. The van der Waals surface area contributed by atoms with E-state index in [-0.39, 0.29) is 16.7 Å². The lowest BCUT2D eigenvalue weighted by molar-refractivity contribution is -0.187. The van der Waals surface area contributed by atoms with Crippen LogP contribution in [0.5, 0.6) is 0 Å². The average Bonchev–Trinajstić information content (AvgIpc) is 3.05. The Hall–Kier alpha value is -0.930. The third-order valence-electron chi connectivity index (χ3n) is 10.6. The number of aliphatic hydroxyl groups excluding tert-OH is 2. The number of allylic oxidation sites excluding steroid dienone is 3. The quantitative estimate of drug-likeness (QED) is 0.576. The van der Waals surface area contributed by atoms with Crippen LogP contribution in [0.2, 0.25) is 0 Å². The zero-order chi connectivity index (χ0) is 22.7. The van der Waals surface area contributed by atoms with E-state index in [1.165, 1.54) is 24.8 Å². The molecule has 0 heterocycles. The minimum Gasteiger partial charge on any atom is -0.393 e. The third-order valence-corrected chi connectivity index (χ3v) is 10.6. The summed E-state index contributed by atoms with van der Waals surface area (Å²) in [6.07, 6.45) is 9.88. The average molecular weight is 429 g/mol. The van der Waals surface area contributed by atoms with E-state index in [1.54, 1.807) is 0 Å². The number of ketones is 1. The highest BCUT2D eigenvalue weighted by Crippen LogP contribution is 2.67. The third kappa shape index (κ3) is 3.59. The van der Waals surface area contributed by atoms with E-state index in [2.05, 4.69) is 53.3 Å². The molecular formula is C28H44O3. The van der Waals surface area contributed by atoms with Crippen LogP contribution in [0, 0.1) is 52.3 Å². The van der Waals surface area contributed by atoms with Crippen molar-refractivity contribution in [2.45, 2.75) is 91.8 Å². The van der Waals surface area contributed by atoms with Crippen LogP contribution >= 0.6 is 0 Å². The maximum atomic E-state index is 13.3. The molecule has 0 bridgehead atoms. The number of hydrogen-bond donors (Lipinski definition) is 2. The summed E-state index contributed by atoms with van der Waals surface area (Å²) in [6.45, 7) is 15.6. The number of rotatable bonds is 4. The maximum Gasteiger partial charge on any atom is 0.137 e. The SMILES string of the molecule is C=C(/C=C\[C@@H](C)[C@H]1CC[C@H]2[C@@H]3CC(=O)[C@H]4C[C@@H](O)C[C@H](O)[C@]4(C)[C@H]3CC[C@]12C)C(C)C. The van der Waals surface area contributed by atoms with E-state index in [0.29, 0.717) is 60.6 Å². The molecular weight excluding hydrogens is 384 g/mol. The van der Waals surface area contributed by atoms with Gasteiger partial charge in [-0.15, -0.1) is 0 Å². The topological polar surface area (TPSA) is 57.5 Å². The molecule has 3 nitrogen and oxygen atoms in total. The molecule has 4 aliphatic carbocycles. The first kappa shape index (κ1) is 23.2. The van der Waals surface area contributed by atoms with E-state index in [0.717, 1.165) is 6.42 Å². The predicted molar refractivity (Wildman–Crippen MR) is 125 cm³/mol. The van der Waals surface area contributed by atoms with E-state index in [4.69, 9.17) is 0 Å².